The molecule has 0 atom stereocenters. The molecule has 0 fully saturated rings. The van der Waals surface area contributed by atoms with Gasteiger partial charge in [-0.15, -0.1) is 0 Å². The van der Waals surface area contributed by atoms with Crippen molar-refractivity contribution in [3.63, 3.8) is 0 Å². The number of hydrogen-bond donors (Lipinski definition) is 0. The van der Waals surface area contributed by atoms with Crippen LogP contribution in [0.5, 0.6) is 0 Å². The first-order chi connectivity index (χ1) is 16.5. The van der Waals surface area contributed by atoms with Crippen LogP contribution in [-0.4, -0.2) is 107 Å². The Morgan fingerprint density at radius 2 is 0.463 bits per heavy atom. The van der Waals surface area contributed by atoms with Gasteiger partial charge in [-0.2, -0.15) is 96.6 Å². The van der Waals surface area contributed by atoms with E-state index in [1.165, 1.54) is 0 Å². The molecule has 0 radical (unpaired) electrons. The summed E-state index contributed by atoms with van der Waals surface area (Å²) in [5.74, 6) is -46.9. The molecule has 0 spiro atoms. The van der Waals surface area contributed by atoms with Gasteiger partial charge >= 0.3 is 81.4 Å². The van der Waals surface area contributed by atoms with E-state index in [1.807, 2.05) is 0 Å². The molecule has 0 aromatic heterocycles. The molecule has 41 heavy (non-hydrogen) atoms. The summed E-state index contributed by atoms with van der Waals surface area (Å²) in [5.41, 5.74) is 0. The molecule has 0 unspecified atom stereocenters. The molecule has 0 aliphatic carbocycles. The standard InChI is InChI=1S/2C5HF11O3S.Mg/c2*6-1(7,2(8,9)4(12,13)14)3(10,11)5(15,16)20(17,18)19;/h2*(H,17,18,19);/q;;+2/p-2. The Bertz CT molecular complexity index is 1050. The van der Waals surface area contributed by atoms with Gasteiger partial charge in [0.05, 0.1) is 0 Å². The maximum Gasteiger partial charge on any atom is 2.00 e. The van der Waals surface area contributed by atoms with E-state index in [-0.39, 0.29) is 23.1 Å². The normalized spacial score (nSPS) is 16.0. The molecule has 0 aliphatic heterocycles. The Labute approximate surface area is 224 Å². The number of hydrogen-bond acceptors (Lipinski definition) is 6. The Balaban J connectivity index is -0.000000688. The zero-order valence-corrected chi connectivity index (χ0v) is 20.3. The molecule has 31 heteroatoms. The monoisotopic (exact) mass is 722 g/mol. The number of halogens is 22. The molecule has 0 rings (SSSR count). The van der Waals surface area contributed by atoms with E-state index in [4.69, 9.17) is 0 Å². The van der Waals surface area contributed by atoms with Gasteiger partial charge in [-0.1, -0.05) is 0 Å². The fourth-order valence-corrected chi connectivity index (χ4v) is 2.31. The Morgan fingerprint density at radius 1 is 0.317 bits per heavy atom. The third-order valence-electron chi connectivity index (χ3n) is 3.65. The zero-order valence-electron chi connectivity index (χ0n) is 17.3. The van der Waals surface area contributed by atoms with Crippen molar-refractivity contribution < 1.29 is 123 Å². The van der Waals surface area contributed by atoms with Crippen LogP contribution < -0.4 is 0 Å². The van der Waals surface area contributed by atoms with Gasteiger partial charge in [-0.3, -0.25) is 0 Å². The van der Waals surface area contributed by atoms with Crippen LogP contribution in [0.4, 0.5) is 96.6 Å². The van der Waals surface area contributed by atoms with Crippen LogP contribution >= 0.6 is 0 Å². The van der Waals surface area contributed by atoms with Gasteiger partial charge < -0.3 is 9.11 Å². The molecule has 6 nitrogen and oxygen atoms in total. The van der Waals surface area contributed by atoms with E-state index in [2.05, 4.69) is 0 Å². The Hall–Kier alpha value is -0.954. The average Bonchev–Trinajstić information content (AvgIpc) is 2.63. The van der Waals surface area contributed by atoms with Crippen molar-refractivity contribution in [3.05, 3.63) is 0 Å². The topological polar surface area (TPSA) is 114 Å². The van der Waals surface area contributed by atoms with Crippen molar-refractivity contribution in [2.24, 2.45) is 0 Å². The van der Waals surface area contributed by atoms with Gasteiger partial charge in [-0.05, 0) is 0 Å². The second kappa shape index (κ2) is 11.2. The van der Waals surface area contributed by atoms with Gasteiger partial charge in [0.15, 0.2) is 20.2 Å². The van der Waals surface area contributed by atoms with Gasteiger partial charge in [-0.25, -0.2) is 16.8 Å². The molecule has 0 amide bonds. The molecular weight excluding hydrogens is 722 g/mol. The predicted octanol–water partition coefficient (Wildman–Crippen LogP) is 4.80. The van der Waals surface area contributed by atoms with Crippen molar-refractivity contribution >= 4 is 43.3 Å². The molecule has 0 aromatic rings. The SMILES string of the molecule is O=S(=O)([O-])C(F)(F)C(F)(F)C(F)(F)C(F)(F)C(F)(F)F.O=S(=O)([O-])C(F)(F)C(F)(F)C(F)(F)C(F)(F)C(F)(F)F.[Mg+2]. The summed E-state index contributed by atoms with van der Waals surface area (Å²) in [6, 6.07) is 0. The summed E-state index contributed by atoms with van der Waals surface area (Å²) in [6.07, 6.45) is -14.8. The Morgan fingerprint density at radius 3 is 0.561 bits per heavy atom. The second-order valence-corrected chi connectivity index (χ2v) is 9.23. The summed E-state index contributed by atoms with van der Waals surface area (Å²) in [7, 11) is -15.3. The van der Waals surface area contributed by atoms with Crippen molar-refractivity contribution in [3.8, 4) is 0 Å². The van der Waals surface area contributed by atoms with Crippen LogP contribution in [0.15, 0.2) is 0 Å². The molecule has 0 N–H and O–H groups in total. The van der Waals surface area contributed by atoms with Crippen LogP contribution in [-0.2, 0) is 20.2 Å². The van der Waals surface area contributed by atoms with E-state index in [9.17, 15) is 123 Å². The molecule has 0 aliphatic rings. The van der Waals surface area contributed by atoms with E-state index in [0.717, 1.165) is 0 Å². The number of alkyl halides is 22. The smallest absolute Gasteiger partial charge is 0.743 e. The molecule has 0 bridgehead atoms. The first-order valence-electron chi connectivity index (χ1n) is 7.57. The fraction of sp³-hybridized carbons (Fsp3) is 1.00. The van der Waals surface area contributed by atoms with Crippen molar-refractivity contribution in [2.75, 3.05) is 0 Å². The molecule has 0 saturated carbocycles. The minimum atomic E-state index is -7.90. The summed E-state index contributed by atoms with van der Waals surface area (Å²) in [4.78, 5) is 0. The van der Waals surface area contributed by atoms with Crippen molar-refractivity contribution in [1.29, 1.82) is 0 Å². The zero-order chi connectivity index (χ0) is 34.0. The van der Waals surface area contributed by atoms with Gasteiger partial charge in [0, 0.05) is 0 Å². The summed E-state index contributed by atoms with van der Waals surface area (Å²) < 4.78 is 324. The molecular formula is C10F22MgO6S2. The summed E-state index contributed by atoms with van der Waals surface area (Å²) in [5, 5.41) is -14.8. The molecule has 0 aromatic carbocycles. The van der Waals surface area contributed by atoms with Crippen LogP contribution in [0.3, 0.4) is 0 Å². The second-order valence-electron chi connectivity index (χ2n) is 6.38. The minimum Gasteiger partial charge on any atom is -0.743 e. The van der Waals surface area contributed by atoms with E-state index < -0.39 is 78.6 Å². The maximum absolute atomic E-state index is 12.4. The van der Waals surface area contributed by atoms with Crippen molar-refractivity contribution in [1.82, 2.24) is 0 Å². The van der Waals surface area contributed by atoms with Gasteiger partial charge in [0.2, 0.25) is 0 Å². The minimum absolute atomic E-state index is 0. The third kappa shape index (κ3) is 6.76. The largest absolute Gasteiger partial charge is 2.00 e. The fourth-order valence-electron chi connectivity index (χ4n) is 1.43. The molecule has 0 heterocycles. The number of rotatable bonds is 8. The van der Waals surface area contributed by atoms with E-state index >= 15 is 0 Å². The van der Waals surface area contributed by atoms with E-state index in [0.29, 0.717) is 0 Å². The maximum atomic E-state index is 12.4. The quantitative estimate of drug-likeness (QED) is 0.202. The van der Waals surface area contributed by atoms with Crippen LogP contribution in [0.25, 0.3) is 0 Å². The van der Waals surface area contributed by atoms with E-state index in [1.54, 1.807) is 0 Å². The molecule has 244 valence electrons. The van der Waals surface area contributed by atoms with Crippen LogP contribution in [0.2, 0.25) is 0 Å². The van der Waals surface area contributed by atoms with Crippen molar-refractivity contribution in [2.45, 2.75) is 58.4 Å². The Kier molecular flexibility index (Phi) is 12.1. The molecule has 0 saturated heterocycles. The first kappa shape index (κ1) is 44.5. The summed E-state index contributed by atoms with van der Waals surface area (Å²) >= 11 is 0. The third-order valence-corrected chi connectivity index (χ3v) is 5.42. The van der Waals surface area contributed by atoms with Gasteiger partial charge in [0.25, 0.3) is 0 Å². The van der Waals surface area contributed by atoms with Crippen LogP contribution in [0, 0.1) is 0 Å². The van der Waals surface area contributed by atoms with Gasteiger partial charge in [0.1, 0.15) is 0 Å². The first-order valence-corrected chi connectivity index (χ1v) is 10.4. The predicted molar refractivity (Wildman–Crippen MR) is 76.8 cm³/mol. The van der Waals surface area contributed by atoms with Crippen LogP contribution in [0.1, 0.15) is 0 Å². The summed E-state index contributed by atoms with van der Waals surface area (Å²) in [6.45, 7) is 0. The average molecular weight is 722 g/mol.